The van der Waals surface area contributed by atoms with E-state index in [1.807, 2.05) is 30.8 Å². The van der Waals surface area contributed by atoms with E-state index in [1.54, 1.807) is 6.26 Å². The summed E-state index contributed by atoms with van der Waals surface area (Å²) in [5.74, 6) is 3.20. The summed E-state index contributed by atoms with van der Waals surface area (Å²) in [6.07, 6.45) is 1.60. The van der Waals surface area contributed by atoms with Crippen molar-refractivity contribution in [2.24, 2.45) is 10.9 Å². The Kier molecular flexibility index (Phi) is 7.49. The number of rotatable bonds is 6. The number of guanidine groups is 1. The Morgan fingerprint density at radius 2 is 2.33 bits per heavy atom. The van der Waals surface area contributed by atoms with Crippen LogP contribution in [0.1, 0.15) is 26.5 Å². The van der Waals surface area contributed by atoms with E-state index in [0.29, 0.717) is 17.7 Å². The Balaban J connectivity index is 1.88. The second-order valence-electron chi connectivity index (χ2n) is 6.13. The van der Waals surface area contributed by atoms with Crippen LogP contribution in [0.5, 0.6) is 0 Å². The van der Waals surface area contributed by atoms with E-state index in [1.165, 1.54) is 0 Å². The van der Waals surface area contributed by atoms with Gasteiger partial charge in [0.05, 0.1) is 12.8 Å². The molecule has 1 unspecified atom stereocenters. The minimum atomic E-state index is -0.103. The summed E-state index contributed by atoms with van der Waals surface area (Å²) in [5, 5.41) is 6.73. The Labute approximate surface area is 148 Å². The summed E-state index contributed by atoms with van der Waals surface area (Å²) < 4.78 is 5.20. The molecule has 2 N–H and O–H groups in total. The lowest BCUT2D eigenvalue weighted by atomic mass is 10.1. The van der Waals surface area contributed by atoms with Gasteiger partial charge in [-0.3, -0.25) is 4.79 Å². The number of hydrogen-bond acceptors (Lipinski definition) is 4. The molecule has 0 radical (unpaired) electrons. The standard InChI is InChI=1S/C17H28N4O2S/c1-4-18-17(21-7-9-24-15(12-21)13(2)3)20-11-16(22)19-10-14-6-5-8-23-14/h5-6,8,13,15H,4,7,9-12H2,1-3H3,(H,18,20)(H,19,22). The fraction of sp³-hybridized carbons (Fsp3) is 0.647. The highest BCUT2D eigenvalue weighted by molar-refractivity contribution is 8.00. The number of furan rings is 1. The molecule has 1 aromatic heterocycles. The molecular formula is C17H28N4O2S. The van der Waals surface area contributed by atoms with E-state index in [-0.39, 0.29) is 12.5 Å². The molecule has 0 saturated carbocycles. The fourth-order valence-electron chi connectivity index (χ4n) is 2.50. The van der Waals surface area contributed by atoms with Crippen LogP contribution in [0.4, 0.5) is 0 Å². The summed E-state index contributed by atoms with van der Waals surface area (Å²) in [6.45, 7) is 9.82. The molecule has 0 aliphatic carbocycles. The van der Waals surface area contributed by atoms with Gasteiger partial charge in [-0.05, 0) is 25.0 Å². The van der Waals surface area contributed by atoms with Crippen molar-refractivity contribution in [3.8, 4) is 0 Å². The van der Waals surface area contributed by atoms with Gasteiger partial charge in [0.1, 0.15) is 12.3 Å². The van der Waals surface area contributed by atoms with Crippen molar-refractivity contribution >= 4 is 23.6 Å². The molecule has 1 fully saturated rings. The lowest BCUT2D eigenvalue weighted by molar-refractivity contribution is -0.119. The third-order valence-corrected chi connectivity index (χ3v) is 5.42. The SMILES string of the molecule is CCNC(=NCC(=O)NCc1ccco1)N1CCSC(C(C)C)C1. The van der Waals surface area contributed by atoms with Crippen LogP contribution in [0.25, 0.3) is 0 Å². The molecule has 1 aromatic rings. The van der Waals surface area contributed by atoms with Gasteiger partial charge in [0.25, 0.3) is 0 Å². The minimum Gasteiger partial charge on any atom is -0.467 e. The number of nitrogens with zero attached hydrogens (tertiary/aromatic N) is 2. The van der Waals surface area contributed by atoms with E-state index >= 15 is 0 Å². The average molecular weight is 353 g/mol. The molecule has 0 spiro atoms. The van der Waals surface area contributed by atoms with E-state index in [9.17, 15) is 4.79 Å². The van der Waals surface area contributed by atoms with Crippen molar-refractivity contribution < 1.29 is 9.21 Å². The quantitative estimate of drug-likeness (QED) is 0.605. The third kappa shape index (κ3) is 5.78. The molecule has 24 heavy (non-hydrogen) atoms. The van der Waals surface area contributed by atoms with Crippen molar-refractivity contribution in [3.63, 3.8) is 0 Å². The summed E-state index contributed by atoms with van der Waals surface area (Å²) >= 11 is 2.03. The van der Waals surface area contributed by atoms with Crippen LogP contribution in [0.3, 0.4) is 0 Å². The van der Waals surface area contributed by atoms with Crippen LogP contribution in [0.2, 0.25) is 0 Å². The fourth-order valence-corrected chi connectivity index (χ4v) is 3.80. The molecule has 134 valence electrons. The molecule has 0 bridgehead atoms. The van der Waals surface area contributed by atoms with Gasteiger partial charge in [-0.2, -0.15) is 11.8 Å². The van der Waals surface area contributed by atoms with Gasteiger partial charge in [0, 0.05) is 30.6 Å². The zero-order chi connectivity index (χ0) is 17.4. The van der Waals surface area contributed by atoms with Crippen LogP contribution in [-0.4, -0.2) is 53.9 Å². The molecule has 2 heterocycles. The zero-order valence-corrected chi connectivity index (χ0v) is 15.6. The smallest absolute Gasteiger partial charge is 0.242 e. The number of amides is 1. The second-order valence-corrected chi connectivity index (χ2v) is 7.47. The minimum absolute atomic E-state index is 0.103. The lowest BCUT2D eigenvalue weighted by Crippen LogP contribution is -2.49. The van der Waals surface area contributed by atoms with Crippen LogP contribution in [0, 0.1) is 5.92 Å². The van der Waals surface area contributed by atoms with E-state index in [4.69, 9.17) is 4.42 Å². The van der Waals surface area contributed by atoms with Crippen molar-refractivity contribution in [2.75, 3.05) is 31.9 Å². The van der Waals surface area contributed by atoms with E-state index < -0.39 is 0 Å². The highest BCUT2D eigenvalue weighted by Crippen LogP contribution is 2.24. The van der Waals surface area contributed by atoms with E-state index in [2.05, 4.69) is 34.4 Å². The Bertz CT molecular complexity index is 531. The average Bonchev–Trinajstić information content (AvgIpc) is 3.10. The maximum absolute atomic E-state index is 12.0. The molecule has 1 aliphatic heterocycles. The molecule has 1 saturated heterocycles. The van der Waals surface area contributed by atoms with Crippen LogP contribution < -0.4 is 10.6 Å². The topological polar surface area (TPSA) is 69.9 Å². The zero-order valence-electron chi connectivity index (χ0n) is 14.7. The van der Waals surface area contributed by atoms with Gasteiger partial charge >= 0.3 is 0 Å². The number of carbonyl (C=O) groups is 1. The first-order valence-corrected chi connectivity index (χ1v) is 9.59. The van der Waals surface area contributed by atoms with Crippen molar-refractivity contribution in [1.29, 1.82) is 0 Å². The molecule has 0 aromatic carbocycles. The van der Waals surface area contributed by atoms with Crippen molar-refractivity contribution in [2.45, 2.75) is 32.6 Å². The third-order valence-electron chi connectivity index (χ3n) is 3.88. The Hall–Kier alpha value is -1.63. The van der Waals surface area contributed by atoms with Gasteiger partial charge in [-0.25, -0.2) is 4.99 Å². The van der Waals surface area contributed by atoms with Crippen molar-refractivity contribution in [1.82, 2.24) is 15.5 Å². The molecule has 2 rings (SSSR count). The first-order valence-electron chi connectivity index (χ1n) is 8.54. The highest BCUT2D eigenvalue weighted by atomic mass is 32.2. The van der Waals surface area contributed by atoms with Crippen LogP contribution in [0.15, 0.2) is 27.8 Å². The monoisotopic (exact) mass is 352 g/mol. The maximum Gasteiger partial charge on any atom is 0.242 e. The molecule has 7 heteroatoms. The second kappa shape index (κ2) is 9.61. The van der Waals surface area contributed by atoms with Gasteiger partial charge < -0.3 is 20.0 Å². The predicted molar refractivity (Wildman–Crippen MR) is 99.2 cm³/mol. The Morgan fingerprint density at radius 3 is 3.00 bits per heavy atom. The Morgan fingerprint density at radius 1 is 1.50 bits per heavy atom. The van der Waals surface area contributed by atoms with Gasteiger partial charge in [-0.1, -0.05) is 13.8 Å². The van der Waals surface area contributed by atoms with Crippen LogP contribution in [-0.2, 0) is 11.3 Å². The van der Waals surface area contributed by atoms with Crippen molar-refractivity contribution in [3.05, 3.63) is 24.2 Å². The summed E-state index contributed by atoms with van der Waals surface area (Å²) in [7, 11) is 0. The summed E-state index contributed by atoms with van der Waals surface area (Å²) in [4.78, 5) is 18.8. The highest BCUT2D eigenvalue weighted by Gasteiger charge is 2.24. The number of thioether (sulfide) groups is 1. The largest absolute Gasteiger partial charge is 0.467 e. The summed E-state index contributed by atoms with van der Waals surface area (Å²) in [6, 6.07) is 3.65. The summed E-state index contributed by atoms with van der Waals surface area (Å²) in [5.41, 5.74) is 0. The number of nitrogens with one attached hydrogen (secondary N) is 2. The lowest BCUT2D eigenvalue weighted by Gasteiger charge is -2.36. The van der Waals surface area contributed by atoms with Gasteiger partial charge in [0.2, 0.25) is 5.91 Å². The van der Waals surface area contributed by atoms with Crippen LogP contribution >= 0.6 is 11.8 Å². The number of aliphatic imine (C=N–C) groups is 1. The molecule has 1 atom stereocenters. The number of hydrogen-bond donors (Lipinski definition) is 2. The molecule has 1 amide bonds. The first kappa shape index (κ1) is 18.7. The number of carbonyl (C=O) groups excluding carboxylic acids is 1. The van der Waals surface area contributed by atoms with Gasteiger partial charge in [0.15, 0.2) is 5.96 Å². The first-order chi connectivity index (χ1) is 11.6. The van der Waals surface area contributed by atoms with E-state index in [0.717, 1.165) is 37.1 Å². The normalized spacial score (nSPS) is 18.8. The molecule has 6 nitrogen and oxygen atoms in total. The van der Waals surface area contributed by atoms with Gasteiger partial charge in [-0.15, -0.1) is 0 Å². The predicted octanol–water partition coefficient (Wildman–Crippen LogP) is 1.93. The molecular weight excluding hydrogens is 324 g/mol. The molecule has 1 aliphatic rings. The maximum atomic E-state index is 12.0.